The van der Waals surface area contributed by atoms with Gasteiger partial charge in [-0.05, 0) is 17.2 Å². The lowest BCUT2D eigenvalue weighted by Gasteiger charge is -2.27. The molecule has 1 atom stereocenters. The lowest BCUT2D eigenvalue weighted by Crippen LogP contribution is -2.56. The van der Waals surface area contributed by atoms with Crippen molar-refractivity contribution in [2.75, 3.05) is 0 Å². The van der Waals surface area contributed by atoms with Crippen LogP contribution in [-0.4, -0.2) is 37.8 Å². The first-order valence-electron chi connectivity index (χ1n) is 10.2. The summed E-state index contributed by atoms with van der Waals surface area (Å²) < 4.78 is 34.5. The molecule has 0 heterocycles. The molecule has 0 aliphatic rings. The monoisotopic (exact) mass is 462 g/mol. The zero-order valence-corrected chi connectivity index (χ0v) is 19.4. The van der Waals surface area contributed by atoms with E-state index >= 15 is 0 Å². The number of hydrogen-bond donors (Lipinski definition) is 2. The Morgan fingerprint density at radius 3 is 2.00 bits per heavy atom. The summed E-state index contributed by atoms with van der Waals surface area (Å²) in [5, 5.41) is 4.34. The normalized spacial score (nSPS) is 12.5. The number of halogens is 2. The van der Waals surface area contributed by atoms with Crippen LogP contribution in [0.1, 0.15) is 11.1 Å². The highest BCUT2D eigenvalue weighted by molar-refractivity contribution is 6.76. The maximum absolute atomic E-state index is 14.7. The molecule has 2 amide bonds. The Kier molecular flexibility index (Phi) is 8.65. The molecule has 6 nitrogen and oxygen atoms in total. The van der Waals surface area contributed by atoms with Gasteiger partial charge >= 0.3 is 12.0 Å². The van der Waals surface area contributed by atoms with Crippen molar-refractivity contribution in [1.82, 2.24) is 10.6 Å². The molecule has 0 aliphatic heterocycles. The minimum atomic E-state index is -4.30. The van der Waals surface area contributed by atoms with Crippen molar-refractivity contribution in [2.45, 2.75) is 50.8 Å². The minimum Gasteiger partial charge on any atom is -0.445 e. The predicted octanol–water partition coefficient (Wildman–Crippen LogP) is 4.14. The SMILES string of the molecule is C[Si](C)(C)CC(NC(=O)OCc1ccccc1)C(=O)C(F)(F)C(=O)NCc1ccccc1. The first-order chi connectivity index (χ1) is 15.0. The summed E-state index contributed by atoms with van der Waals surface area (Å²) in [5.41, 5.74) is 1.33. The van der Waals surface area contributed by atoms with Crippen LogP contribution >= 0.6 is 0 Å². The Bertz CT molecular complexity index is 919. The van der Waals surface area contributed by atoms with Gasteiger partial charge in [0.15, 0.2) is 0 Å². The van der Waals surface area contributed by atoms with Gasteiger partial charge in [0.05, 0.1) is 6.04 Å². The number of alkyl halides is 2. The van der Waals surface area contributed by atoms with Gasteiger partial charge in [0.1, 0.15) is 6.61 Å². The van der Waals surface area contributed by atoms with Crippen molar-refractivity contribution in [2.24, 2.45) is 0 Å². The van der Waals surface area contributed by atoms with E-state index in [2.05, 4.69) is 10.6 Å². The van der Waals surface area contributed by atoms with Crippen molar-refractivity contribution in [3.8, 4) is 0 Å². The van der Waals surface area contributed by atoms with E-state index in [1.165, 1.54) is 0 Å². The van der Waals surface area contributed by atoms with Crippen LogP contribution in [0.25, 0.3) is 0 Å². The molecule has 32 heavy (non-hydrogen) atoms. The summed E-state index contributed by atoms with van der Waals surface area (Å²) in [7, 11) is -2.08. The van der Waals surface area contributed by atoms with Crippen molar-refractivity contribution in [3.05, 3.63) is 71.8 Å². The van der Waals surface area contributed by atoms with Crippen LogP contribution in [0.4, 0.5) is 13.6 Å². The third-order valence-corrected chi connectivity index (χ3v) is 6.16. The maximum Gasteiger partial charge on any atom is 0.408 e. The summed E-state index contributed by atoms with van der Waals surface area (Å²) >= 11 is 0. The second-order valence-corrected chi connectivity index (χ2v) is 14.2. The summed E-state index contributed by atoms with van der Waals surface area (Å²) in [5.74, 6) is -7.65. The number of ether oxygens (including phenoxy) is 1. The Morgan fingerprint density at radius 1 is 0.938 bits per heavy atom. The molecule has 0 radical (unpaired) electrons. The molecule has 2 aromatic carbocycles. The Balaban J connectivity index is 2.05. The van der Waals surface area contributed by atoms with E-state index in [-0.39, 0.29) is 19.2 Å². The van der Waals surface area contributed by atoms with E-state index in [4.69, 9.17) is 4.74 Å². The molecule has 0 saturated carbocycles. The highest BCUT2D eigenvalue weighted by Gasteiger charge is 2.51. The molecule has 0 aromatic heterocycles. The number of ketones is 1. The van der Waals surface area contributed by atoms with Gasteiger partial charge in [-0.15, -0.1) is 0 Å². The molecule has 2 rings (SSSR count). The molecule has 1 unspecified atom stereocenters. The predicted molar refractivity (Wildman–Crippen MR) is 120 cm³/mol. The van der Waals surface area contributed by atoms with Crippen molar-refractivity contribution >= 4 is 25.9 Å². The molecule has 2 N–H and O–H groups in total. The van der Waals surface area contributed by atoms with Gasteiger partial charge in [-0.3, -0.25) is 9.59 Å². The zero-order valence-electron chi connectivity index (χ0n) is 18.4. The molecular weight excluding hydrogens is 434 g/mol. The van der Waals surface area contributed by atoms with Crippen molar-refractivity contribution in [3.63, 3.8) is 0 Å². The van der Waals surface area contributed by atoms with E-state index < -0.39 is 37.8 Å². The second-order valence-electron chi connectivity index (χ2n) is 8.63. The molecule has 0 fully saturated rings. The van der Waals surface area contributed by atoms with Gasteiger partial charge in [-0.25, -0.2) is 4.79 Å². The molecule has 0 saturated heterocycles. The number of nitrogens with one attached hydrogen (secondary N) is 2. The topological polar surface area (TPSA) is 84.5 Å². The molecule has 172 valence electrons. The van der Waals surface area contributed by atoms with E-state index in [9.17, 15) is 23.2 Å². The third-order valence-electron chi connectivity index (χ3n) is 4.53. The second kappa shape index (κ2) is 11.0. The molecule has 0 aliphatic carbocycles. The smallest absolute Gasteiger partial charge is 0.408 e. The third kappa shape index (κ3) is 7.88. The molecule has 0 bridgehead atoms. The summed E-state index contributed by atoms with van der Waals surface area (Å²) in [6, 6.07) is 15.8. The van der Waals surface area contributed by atoms with E-state index in [0.29, 0.717) is 11.1 Å². The largest absolute Gasteiger partial charge is 0.445 e. The van der Waals surface area contributed by atoms with Gasteiger partial charge in [-0.1, -0.05) is 80.3 Å². The number of rotatable bonds is 10. The minimum absolute atomic E-state index is 0.0355. The fourth-order valence-corrected chi connectivity index (χ4v) is 4.46. The number of hydrogen-bond acceptors (Lipinski definition) is 4. The van der Waals surface area contributed by atoms with Crippen molar-refractivity contribution < 1.29 is 27.9 Å². The number of carbonyl (C=O) groups excluding carboxylic acids is 3. The lowest BCUT2D eigenvalue weighted by molar-refractivity contribution is -0.159. The average Bonchev–Trinajstić information content (AvgIpc) is 2.75. The number of carbonyl (C=O) groups is 3. The van der Waals surface area contributed by atoms with Crippen LogP contribution < -0.4 is 10.6 Å². The average molecular weight is 463 g/mol. The number of amides is 2. The van der Waals surface area contributed by atoms with Crippen LogP contribution in [0, 0.1) is 0 Å². The number of Topliss-reactive ketones (excluding diaryl/α,β-unsaturated/α-hetero) is 1. The van der Waals surface area contributed by atoms with Crippen LogP contribution in [0.15, 0.2) is 60.7 Å². The van der Waals surface area contributed by atoms with Crippen LogP contribution in [0.5, 0.6) is 0 Å². The highest BCUT2D eigenvalue weighted by atomic mass is 28.3. The zero-order chi connectivity index (χ0) is 23.8. The maximum atomic E-state index is 14.7. The van der Waals surface area contributed by atoms with Crippen LogP contribution in [0.2, 0.25) is 25.7 Å². The lowest BCUT2D eigenvalue weighted by atomic mass is 10.1. The van der Waals surface area contributed by atoms with Gasteiger partial charge < -0.3 is 15.4 Å². The highest BCUT2D eigenvalue weighted by Crippen LogP contribution is 2.23. The molecular formula is C23H28F2N2O4Si. The van der Waals surface area contributed by atoms with Gasteiger partial charge in [-0.2, -0.15) is 8.78 Å². The van der Waals surface area contributed by atoms with E-state index in [1.54, 1.807) is 60.7 Å². The molecule has 9 heteroatoms. The van der Waals surface area contributed by atoms with Gasteiger partial charge in [0.2, 0.25) is 5.78 Å². The van der Waals surface area contributed by atoms with E-state index in [0.717, 1.165) is 0 Å². The molecule has 0 spiro atoms. The standard InChI is InChI=1S/C23H28F2N2O4Si/c1-32(2,3)16-19(27-22(30)31-15-18-12-8-5-9-13-18)20(28)23(24,25)21(29)26-14-17-10-6-4-7-11-17/h4-13,19H,14-16H2,1-3H3,(H,26,29)(H,27,30). The molecule has 2 aromatic rings. The fraction of sp³-hybridized carbons (Fsp3) is 0.348. The number of benzene rings is 2. The quantitative estimate of drug-likeness (QED) is 0.411. The van der Waals surface area contributed by atoms with Crippen LogP contribution in [-0.2, 0) is 27.5 Å². The van der Waals surface area contributed by atoms with Crippen LogP contribution in [0.3, 0.4) is 0 Å². The van der Waals surface area contributed by atoms with Crippen molar-refractivity contribution in [1.29, 1.82) is 0 Å². The first kappa shape index (κ1) is 25.2. The Morgan fingerprint density at radius 2 is 1.47 bits per heavy atom. The van der Waals surface area contributed by atoms with Gasteiger partial charge in [0, 0.05) is 14.6 Å². The van der Waals surface area contributed by atoms with Gasteiger partial charge in [0.25, 0.3) is 5.91 Å². The Hall–Kier alpha value is -3.07. The fourth-order valence-electron chi connectivity index (χ4n) is 2.95. The summed E-state index contributed by atoms with van der Waals surface area (Å²) in [6.45, 7) is 5.40. The summed E-state index contributed by atoms with van der Waals surface area (Å²) in [4.78, 5) is 37.0. The number of alkyl carbamates (subject to hydrolysis) is 1. The van der Waals surface area contributed by atoms with E-state index in [1.807, 2.05) is 19.6 Å². The summed E-state index contributed by atoms with van der Waals surface area (Å²) in [6.07, 6.45) is -0.994. The Labute approximate surface area is 187 Å². The first-order valence-corrected chi connectivity index (χ1v) is 13.9.